The fraction of sp³-hybridized carbons (Fsp3) is 0.0769. The first kappa shape index (κ1) is 37.0. The standard InChI is InChI=1S/C52H41NO4/c54-53(55)50-37-41(39-57-52(46-25-13-4-14-26-46,47-27-15-5-16-28-47)48-29-17-6-18-30-48)33-36-49(50)42-34-31-40(32-35-42)38-56-51(43-19-7-1-8-20-43,44-21-9-2-10-22-44)45-23-11-3-12-24-45/h1-37H,38-39H2. The van der Waals surface area contributed by atoms with Gasteiger partial charge in [-0.25, -0.2) is 0 Å². The third kappa shape index (κ3) is 7.54. The summed E-state index contributed by atoms with van der Waals surface area (Å²) in [6.07, 6.45) is 0. The van der Waals surface area contributed by atoms with Crippen LogP contribution in [0.4, 0.5) is 5.69 Å². The van der Waals surface area contributed by atoms with Crippen molar-refractivity contribution in [1.82, 2.24) is 0 Å². The van der Waals surface area contributed by atoms with Crippen LogP contribution in [0.2, 0.25) is 0 Å². The minimum absolute atomic E-state index is 0.0149. The Morgan fingerprint density at radius 3 is 1.00 bits per heavy atom. The summed E-state index contributed by atoms with van der Waals surface area (Å²) in [4.78, 5) is 12.3. The highest BCUT2D eigenvalue weighted by atomic mass is 16.6. The molecule has 0 aliphatic heterocycles. The van der Waals surface area contributed by atoms with Crippen LogP contribution < -0.4 is 0 Å². The zero-order chi connectivity index (χ0) is 38.9. The van der Waals surface area contributed by atoms with Crippen molar-refractivity contribution in [2.75, 3.05) is 0 Å². The number of benzene rings is 8. The molecule has 0 spiro atoms. The maximum Gasteiger partial charge on any atom is 0.277 e. The van der Waals surface area contributed by atoms with Crippen molar-refractivity contribution in [3.63, 3.8) is 0 Å². The number of nitro groups is 1. The van der Waals surface area contributed by atoms with E-state index in [4.69, 9.17) is 9.47 Å². The quantitative estimate of drug-likeness (QED) is 0.0632. The molecule has 5 heteroatoms. The predicted octanol–water partition coefficient (Wildman–Crippen LogP) is 12.3. The van der Waals surface area contributed by atoms with Crippen molar-refractivity contribution >= 4 is 5.69 Å². The van der Waals surface area contributed by atoms with Crippen LogP contribution in [0, 0.1) is 10.1 Å². The van der Waals surface area contributed by atoms with Crippen molar-refractivity contribution in [3.8, 4) is 11.1 Å². The SMILES string of the molecule is O=[N+]([O-])c1cc(COC(c2ccccc2)(c2ccccc2)c2ccccc2)ccc1-c1ccc(COC(c2ccccc2)(c2ccccc2)c2ccccc2)cc1. The molecule has 0 radical (unpaired) electrons. The number of nitro benzene ring substituents is 1. The molecule has 0 bridgehead atoms. The van der Waals surface area contributed by atoms with Gasteiger partial charge in [-0.2, -0.15) is 0 Å². The summed E-state index contributed by atoms with van der Waals surface area (Å²) >= 11 is 0. The highest BCUT2D eigenvalue weighted by molar-refractivity contribution is 5.74. The highest BCUT2D eigenvalue weighted by Gasteiger charge is 2.39. The topological polar surface area (TPSA) is 61.6 Å². The van der Waals surface area contributed by atoms with E-state index in [0.29, 0.717) is 17.7 Å². The molecule has 0 heterocycles. The first-order valence-electron chi connectivity index (χ1n) is 19.1. The summed E-state index contributed by atoms with van der Waals surface area (Å²) in [7, 11) is 0. The predicted molar refractivity (Wildman–Crippen MR) is 227 cm³/mol. The van der Waals surface area contributed by atoms with Crippen LogP contribution in [0.25, 0.3) is 11.1 Å². The maximum absolute atomic E-state index is 12.6. The van der Waals surface area contributed by atoms with E-state index < -0.39 is 11.2 Å². The second-order valence-corrected chi connectivity index (χ2v) is 13.9. The smallest absolute Gasteiger partial charge is 0.277 e. The number of hydrogen-bond donors (Lipinski definition) is 0. The van der Waals surface area contributed by atoms with Gasteiger partial charge in [-0.3, -0.25) is 10.1 Å². The maximum atomic E-state index is 12.6. The summed E-state index contributed by atoms with van der Waals surface area (Å²) in [6.45, 7) is 0.450. The number of nitrogens with zero attached hydrogens (tertiary/aromatic N) is 1. The first-order valence-corrected chi connectivity index (χ1v) is 19.1. The molecule has 0 amide bonds. The average Bonchev–Trinajstić information content (AvgIpc) is 3.29. The van der Waals surface area contributed by atoms with Crippen LogP contribution in [0.1, 0.15) is 44.5 Å². The van der Waals surface area contributed by atoms with Crippen LogP contribution >= 0.6 is 0 Å². The molecule has 0 N–H and O–H groups in total. The van der Waals surface area contributed by atoms with E-state index in [0.717, 1.165) is 44.5 Å². The summed E-state index contributed by atoms with van der Waals surface area (Å²) in [6, 6.07) is 74.3. The van der Waals surface area contributed by atoms with Gasteiger partial charge in [0, 0.05) is 6.07 Å². The lowest BCUT2D eigenvalue weighted by Crippen LogP contribution is -2.32. The summed E-state index contributed by atoms with van der Waals surface area (Å²) in [5, 5.41) is 12.6. The van der Waals surface area contributed by atoms with Gasteiger partial charge in [-0.05, 0) is 56.1 Å². The molecule has 0 saturated heterocycles. The molecule has 57 heavy (non-hydrogen) atoms. The van der Waals surface area contributed by atoms with Gasteiger partial charge < -0.3 is 9.47 Å². The molecule has 0 aliphatic rings. The normalized spacial score (nSPS) is 11.6. The lowest BCUT2D eigenvalue weighted by atomic mass is 9.80. The van der Waals surface area contributed by atoms with Crippen molar-refractivity contribution in [2.24, 2.45) is 0 Å². The average molecular weight is 744 g/mol. The molecular weight excluding hydrogens is 703 g/mol. The fourth-order valence-corrected chi connectivity index (χ4v) is 7.76. The van der Waals surface area contributed by atoms with E-state index in [1.807, 2.05) is 146 Å². The van der Waals surface area contributed by atoms with E-state index >= 15 is 0 Å². The van der Waals surface area contributed by atoms with Crippen LogP contribution in [0.5, 0.6) is 0 Å². The molecule has 0 aromatic heterocycles. The molecule has 8 rings (SSSR count). The highest BCUT2D eigenvalue weighted by Crippen LogP contribution is 2.43. The first-order chi connectivity index (χ1) is 28.1. The number of hydrogen-bond acceptors (Lipinski definition) is 4. The van der Waals surface area contributed by atoms with Crippen LogP contribution in [-0.2, 0) is 33.9 Å². The molecule has 8 aromatic carbocycles. The zero-order valence-electron chi connectivity index (χ0n) is 31.4. The van der Waals surface area contributed by atoms with Crippen molar-refractivity contribution in [3.05, 3.63) is 279 Å². The number of rotatable bonds is 14. The van der Waals surface area contributed by atoms with Crippen LogP contribution in [0.3, 0.4) is 0 Å². The van der Waals surface area contributed by atoms with E-state index in [9.17, 15) is 10.1 Å². The van der Waals surface area contributed by atoms with Gasteiger partial charge in [0.25, 0.3) is 5.69 Å². The second-order valence-electron chi connectivity index (χ2n) is 13.9. The Bertz CT molecular complexity index is 2320. The van der Waals surface area contributed by atoms with E-state index in [2.05, 4.69) is 72.8 Å². The van der Waals surface area contributed by atoms with E-state index in [-0.39, 0.29) is 17.2 Å². The fourth-order valence-electron chi connectivity index (χ4n) is 7.76. The Kier molecular flexibility index (Phi) is 10.9. The third-order valence-electron chi connectivity index (χ3n) is 10.5. The van der Waals surface area contributed by atoms with Gasteiger partial charge >= 0.3 is 0 Å². The molecule has 0 atom stereocenters. The Morgan fingerprint density at radius 1 is 0.386 bits per heavy atom. The van der Waals surface area contributed by atoms with Crippen LogP contribution in [-0.4, -0.2) is 4.92 Å². The minimum atomic E-state index is -0.950. The molecule has 0 saturated carbocycles. The molecule has 0 fully saturated rings. The Hall–Kier alpha value is -6.92. The van der Waals surface area contributed by atoms with Gasteiger partial charge in [0.15, 0.2) is 0 Å². The van der Waals surface area contributed by atoms with Crippen LogP contribution in [0.15, 0.2) is 224 Å². The largest absolute Gasteiger partial charge is 0.356 e. The van der Waals surface area contributed by atoms with Crippen molar-refractivity contribution < 1.29 is 14.4 Å². The van der Waals surface area contributed by atoms with Gasteiger partial charge in [-0.15, -0.1) is 0 Å². The Balaban J connectivity index is 1.09. The molecule has 278 valence electrons. The van der Waals surface area contributed by atoms with Crippen molar-refractivity contribution in [2.45, 2.75) is 24.4 Å². The summed E-state index contributed by atoms with van der Waals surface area (Å²) < 4.78 is 14.0. The summed E-state index contributed by atoms with van der Waals surface area (Å²) in [5.74, 6) is 0. The molecule has 0 aliphatic carbocycles. The second kappa shape index (κ2) is 16.8. The molecule has 5 nitrogen and oxygen atoms in total. The monoisotopic (exact) mass is 743 g/mol. The summed E-state index contributed by atoms with van der Waals surface area (Å²) in [5.41, 5.74) is 7.07. The Labute approximate surface area is 333 Å². The number of ether oxygens (including phenoxy) is 2. The van der Waals surface area contributed by atoms with Gasteiger partial charge in [0.05, 0.1) is 23.7 Å². The zero-order valence-corrected chi connectivity index (χ0v) is 31.4. The molecule has 0 unspecified atom stereocenters. The third-order valence-corrected chi connectivity index (χ3v) is 10.5. The van der Waals surface area contributed by atoms with E-state index in [1.165, 1.54) is 0 Å². The van der Waals surface area contributed by atoms with Gasteiger partial charge in [0.2, 0.25) is 0 Å². The van der Waals surface area contributed by atoms with Gasteiger partial charge in [-0.1, -0.05) is 212 Å². The minimum Gasteiger partial charge on any atom is -0.356 e. The Morgan fingerprint density at radius 2 is 0.684 bits per heavy atom. The lowest BCUT2D eigenvalue weighted by Gasteiger charge is -2.36. The molecular formula is C52H41NO4. The molecule has 8 aromatic rings. The van der Waals surface area contributed by atoms with Gasteiger partial charge in [0.1, 0.15) is 11.2 Å². The van der Waals surface area contributed by atoms with Crippen molar-refractivity contribution in [1.29, 1.82) is 0 Å². The van der Waals surface area contributed by atoms with E-state index in [1.54, 1.807) is 6.07 Å². The lowest BCUT2D eigenvalue weighted by molar-refractivity contribution is -0.384.